The molecule has 0 unspecified atom stereocenters. The van der Waals surface area contributed by atoms with E-state index in [-0.39, 0.29) is 12.1 Å². The third kappa shape index (κ3) is 3.95. The number of hydrogen-bond donors (Lipinski definition) is 2. The van der Waals surface area contributed by atoms with Gasteiger partial charge in [-0.1, -0.05) is 0 Å². The van der Waals surface area contributed by atoms with Crippen molar-refractivity contribution in [2.24, 2.45) is 0 Å². The molecule has 0 heterocycles. The van der Waals surface area contributed by atoms with Crippen molar-refractivity contribution in [1.29, 1.82) is 0 Å². The highest BCUT2D eigenvalue weighted by atomic mass is 32.2. The van der Waals surface area contributed by atoms with E-state index in [0.29, 0.717) is 0 Å². The summed E-state index contributed by atoms with van der Waals surface area (Å²) >= 11 is 0. The Morgan fingerprint density at radius 1 is 1.21 bits per heavy atom. The molecule has 0 spiro atoms. The Balaban J connectivity index is 3.33. The molecule has 1 aromatic rings. The molecule has 0 aliphatic carbocycles. The molecule has 0 bridgehead atoms. The molecule has 19 heavy (non-hydrogen) atoms. The van der Waals surface area contributed by atoms with Crippen molar-refractivity contribution in [3.05, 3.63) is 29.3 Å². The van der Waals surface area contributed by atoms with E-state index >= 15 is 0 Å². The molecule has 0 atom stereocenters. The molecule has 1 rings (SSSR count). The quantitative estimate of drug-likeness (QED) is 0.889. The van der Waals surface area contributed by atoms with Crippen LogP contribution in [0.15, 0.2) is 17.0 Å². The van der Waals surface area contributed by atoms with Gasteiger partial charge in [0.2, 0.25) is 10.0 Å². The fourth-order valence-corrected chi connectivity index (χ4v) is 3.10. The van der Waals surface area contributed by atoms with E-state index in [2.05, 4.69) is 10.0 Å². The Bertz CT molecular complexity index is 566. The third-order valence-electron chi connectivity index (χ3n) is 2.23. The second-order valence-corrected chi connectivity index (χ2v) is 6.87. The van der Waals surface area contributed by atoms with Crippen LogP contribution in [0.2, 0.25) is 0 Å². The van der Waals surface area contributed by atoms with E-state index in [1.165, 1.54) is 7.05 Å². The molecule has 2 N–H and O–H groups in total. The molecule has 0 radical (unpaired) electrons. The molecule has 4 nitrogen and oxygen atoms in total. The standard InChI is InChI=1S/C12H18F2N2O2S/c1-12(2,3)16-19(17,18)10-6-5-9(13)8(7-15-4)11(10)14/h5-6,15-16H,7H2,1-4H3. The number of sulfonamides is 1. The maximum atomic E-state index is 14.1. The topological polar surface area (TPSA) is 58.2 Å². The largest absolute Gasteiger partial charge is 0.315 e. The van der Waals surface area contributed by atoms with Crippen molar-refractivity contribution < 1.29 is 17.2 Å². The highest BCUT2D eigenvalue weighted by Gasteiger charge is 2.27. The summed E-state index contributed by atoms with van der Waals surface area (Å²) in [5.41, 5.74) is -1.04. The Kier molecular flexibility index (Phi) is 4.65. The van der Waals surface area contributed by atoms with Crippen LogP contribution in [-0.4, -0.2) is 21.0 Å². The zero-order chi connectivity index (χ0) is 14.8. The maximum absolute atomic E-state index is 14.1. The van der Waals surface area contributed by atoms with Gasteiger partial charge in [-0.2, -0.15) is 0 Å². The number of nitrogens with one attached hydrogen (secondary N) is 2. The van der Waals surface area contributed by atoms with Crippen LogP contribution in [0, 0.1) is 11.6 Å². The summed E-state index contributed by atoms with van der Waals surface area (Å²) in [5.74, 6) is -1.84. The summed E-state index contributed by atoms with van der Waals surface area (Å²) in [6.07, 6.45) is 0. The van der Waals surface area contributed by atoms with Crippen LogP contribution in [0.25, 0.3) is 0 Å². The van der Waals surface area contributed by atoms with Crippen LogP contribution < -0.4 is 10.0 Å². The summed E-state index contributed by atoms with van der Waals surface area (Å²) in [7, 11) is -2.50. The molecule has 0 aromatic heterocycles. The summed E-state index contributed by atoms with van der Waals surface area (Å²) in [4.78, 5) is -0.547. The van der Waals surface area contributed by atoms with Crippen molar-refractivity contribution in [2.45, 2.75) is 37.8 Å². The smallest absolute Gasteiger partial charge is 0.243 e. The first-order valence-corrected chi connectivity index (χ1v) is 7.22. The van der Waals surface area contributed by atoms with Gasteiger partial charge in [-0.05, 0) is 40.0 Å². The van der Waals surface area contributed by atoms with Gasteiger partial charge >= 0.3 is 0 Å². The molecule has 0 saturated carbocycles. The number of rotatable bonds is 4. The lowest BCUT2D eigenvalue weighted by Gasteiger charge is -2.21. The molecular formula is C12H18F2N2O2S. The molecule has 108 valence electrons. The van der Waals surface area contributed by atoms with E-state index in [4.69, 9.17) is 0 Å². The van der Waals surface area contributed by atoms with Gasteiger partial charge in [-0.3, -0.25) is 0 Å². The van der Waals surface area contributed by atoms with Crippen LogP contribution in [0.4, 0.5) is 8.78 Å². The molecular weight excluding hydrogens is 274 g/mol. The number of hydrogen-bond acceptors (Lipinski definition) is 3. The van der Waals surface area contributed by atoms with Gasteiger partial charge in [0, 0.05) is 17.6 Å². The monoisotopic (exact) mass is 292 g/mol. The molecule has 0 fully saturated rings. The van der Waals surface area contributed by atoms with Crippen LogP contribution in [0.5, 0.6) is 0 Å². The first kappa shape index (κ1) is 16.0. The maximum Gasteiger partial charge on any atom is 0.243 e. The summed E-state index contributed by atoms with van der Waals surface area (Å²) in [5, 5.41) is 2.60. The molecule has 1 aromatic carbocycles. The van der Waals surface area contributed by atoms with Gasteiger partial charge in [0.15, 0.2) is 5.82 Å². The summed E-state index contributed by atoms with van der Waals surface area (Å²) in [6, 6.07) is 1.88. The van der Waals surface area contributed by atoms with Crippen molar-refractivity contribution in [3.63, 3.8) is 0 Å². The number of benzene rings is 1. The predicted molar refractivity (Wildman–Crippen MR) is 69.2 cm³/mol. The predicted octanol–water partition coefficient (Wildman–Crippen LogP) is 1.76. The minimum atomic E-state index is -4.03. The van der Waals surface area contributed by atoms with Crippen LogP contribution >= 0.6 is 0 Å². The second kappa shape index (κ2) is 5.52. The van der Waals surface area contributed by atoms with Gasteiger partial charge in [0.1, 0.15) is 10.7 Å². The summed E-state index contributed by atoms with van der Waals surface area (Å²) in [6.45, 7) is 4.83. The van der Waals surface area contributed by atoms with Crippen LogP contribution in [-0.2, 0) is 16.6 Å². The minimum absolute atomic E-state index is 0.0868. The Labute approximate surface area is 112 Å². The molecule has 0 amide bonds. The van der Waals surface area contributed by atoms with E-state index in [0.717, 1.165) is 12.1 Å². The molecule has 0 saturated heterocycles. The van der Waals surface area contributed by atoms with Crippen LogP contribution in [0.3, 0.4) is 0 Å². The zero-order valence-corrected chi connectivity index (χ0v) is 12.2. The lowest BCUT2D eigenvalue weighted by molar-refractivity contribution is 0.481. The highest BCUT2D eigenvalue weighted by Crippen LogP contribution is 2.22. The minimum Gasteiger partial charge on any atom is -0.315 e. The van der Waals surface area contributed by atoms with Crippen molar-refractivity contribution in [3.8, 4) is 0 Å². The molecule has 0 aliphatic rings. The van der Waals surface area contributed by atoms with E-state index in [1.807, 2.05) is 0 Å². The zero-order valence-electron chi connectivity index (χ0n) is 11.3. The fraction of sp³-hybridized carbons (Fsp3) is 0.500. The average Bonchev–Trinajstić information content (AvgIpc) is 2.20. The Morgan fingerprint density at radius 2 is 1.79 bits per heavy atom. The van der Waals surface area contributed by atoms with E-state index in [9.17, 15) is 17.2 Å². The lowest BCUT2D eigenvalue weighted by Crippen LogP contribution is -2.41. The Hall–Kier alpha value is -1.05. The first-order valence-electron chi connectivity index (χ1n) is 5.74. The van der Waals surface area contributed by atoms with Gasteiger partial charge < -0.3 is 5.32 Å². The normalized spacial score (nSPS) is 12.7. The fourth-order valence-electron chi connectivity index (χ4n) is 1.58. The van der Waals surface area contributed by atoms with Gasteiger partial charge in [-0.25, -0.2) is 21.9 Å². The van der Waals surface area contributed by atoms with Crippen LogP contribution in [0.1, 0.15) is 26.3 Å². The highest BCUT2D eigenvalue weighted by molar-refractivity contribution is 7.89. The van der Waals surface area contributed by atoms with Crippen molar-refractivity contribution in [1.82, 2.24) is 10.0 Å². The molecule has 0 aliphatic heterocycles. The first-order chi connectivity index (χ1) is 8.58. The Morgan fingerprint density at radius 3 is 2.26 bits per heavy atom. The van der Waals surface area contributed by atoms with Crippen molar-refractivity contribution in [2.75, 3.05) is 7.05 Å². The summed E-state index contributed by atoms with van der Waals surface area (Å²) < 4.78 is 54.0. The van der Waals surface area contributed by atoms with E-state index in [1.54, 1.807) is 20.8 Å². The van der Waals surface area contributed by atoms with Gasteiger partial charge in [-0.15, -0.1) is 0 Å². The second-order valence-electron chi connectivity index (χ2n) is 5.22. The van der Waals surface area contributed by atoms with Gasteiger partial charge in [0.25, 0.3) is 0 Å². The van der Waals surface area contributed by atoms with Gasteiger partial charge in [0.05, 0.1) is 0 Å². The third-order valence-corrected chi connectivity index (χ3v) is 4.01. The average molecular weight is 292 g/mol. The van der Waals surface area contributed by atoms with E-state index < -0.39 is 32.1 Å². The molecule has 7 heteroatoms. The number of halogens is 2. The lowest BCUT2D eigenvalue weighted by atomic mass is 10.1. The van der Waals surface area contributed by atoms with Crippen molar-refractivity contribution >= 4 is 10.0 Å². The SMILES string of the molecule is CNCc1c(F)ccc(S(=O)(=O)NC(C)(C)C)c1F.